The zero-order valence-electron chi connectivity index (χ0n) is 9.29. The van der Waals surface area contributed by atoms with Crippen LogP contribution in [0.5, 0.6) is 0 Å². The van der Waals surface area contributed by atoms with Crippen molar-refractivity contribution in [3.05, 3.63) is 5.82 Å². The molecular weight excluding hydrogens is 192 g/mol. The minimum Gasteiger partial charge on any atom is -0.336 e. The van der Waals surface area contributed by atoms with Gasteiger partial charge in [-0.15, -0.1) is 0 Å². The van der Waals surface area contributed by atoms with Crippen LogP contribution in [0.1, 0.15) is 38.4 Å². The van der Waals surface area contributed by atoms with Crippen molar-refractivity contribution in [1.82, 2.24) is 15.5 Å². The third-order valence-electron chi connectivity index (χ3n) is 2.62. The average Bonchev–Trinajstić information content (AvgIpc) is 2.86. The molecule has 2 heterocycles. The maximum absolute atomic E-state index is 5.09. The molecule has 0 saturated carbocycles. The number of hydrogen-bond acceptors (Lipinski definition) is 5. The fraction of sp³-hybridized carbons (Fsp3) is 0.800. The Bertz CT molecular complexity index is 304. The van der Waals surface area contributed by atoms with Crippen molar-refractivity contribution in [3.8, 4) is 0 Å². The Morgan fingerprint density at radius 1 is 1.60 bits per heavy atom. The van der Waals surface area contributed by atoms with Crippen molar-refractivity contribution in [2.45, 2.75) is 38.6 Å². The van der Waals surface area contributed by atoms with Gasteiger partial charge in [0.2, 0.25) is 0 Å². The van der Waals surface area contributed by atoms with Gasteiger partial charge in [-0.2, -0.15) is 4.98 Å². The first-order valence-corrected chi connectivity index (χ1v) is 5.56. The second-order valence-corrected chi connectivity index (χ2v) is 4.29. The molecule has 1 aromatic rings. The summed E-state index contributed by atoms with van der Waals surface area (Å²) in [7, 11) is 0. The maximum Gasteiger partial charge on any atom is 0.321 e. The van der Waals surface area contributed by atoms with Crippen LogP contribution in [-0.4, -0.2) is 29.3 Å². The summed E-state index contributed by atoms with van der Waals surface area (Å²) in [5.41, 5.74) is 0. The van der Waals surface area contributed by atoms with Gasteiger partial charge in [0, 0.05) is 18.5 Å². The monoisotopic (exact) mass is 210 g/mol. The van der Waals surface area contributed by atoms with Crippen molar-refractivity contribution < 1.29 is 4.52 Å². The molecule has 5 heteroatoms. The molecule has 0 radical (unpaired) electrons. The van der Waals surface area contributed by atoms with Gasteiger partial charge in [-0.25, -0.2) is 0 Å². The molecule has 1 saturated heterocycles. The summed E-state index contributed by atoms with van der Waals surface area (Å²) in [5.74, 6) is 1.07. The molecule has 0 spiro atoms. The van der Waals surface area contributed by atoms with E-state index in [0.717, 1.165) is 18.9 Å². The van der Waals surface area contributed by atoms with E-state index in [0.29, 0.717) is 18.0 Å². The van der Waals surface area contributed by atoms with Gasteiger partial charge in [0.1, 0.15) is 0 Å². The zero-order chi connectivity index (χ0) is 10.7. The van der Waals surface area contributed by atoms with Crippen LogP contribution in [0.25, 0.3) is 0 Å². The molecule has 1 aromatic heterocycles. The first-order valence-electron chi connectivity index (χ1n) is 5.56. The molecule has 1 unspecified atom stereocenters. The van der Waals surface area contributed by atoms with Crippen molar-refractivity contribution in [1.29, 1.82) is 0 Å². The Labute approximate surface area is 89.6 Å². The zero-order valence-corrected chi connectivity index (χ0v) is 9.29. The Hall–Kier alpha value is -1.10. The number of anilines is 1. The Balaban J connectivity index is 1.82. The standard InChI is InChI=1S/C10H18N4O/c1-7(2)9-13-10(15-14-9)12-6-8-4-3-5-11-8/h7-8,11H,3-6H2,1-2H3,(H,12,13,14). The lowest BCUT2D eigenvalue weighted by atomic mass is 10.2. The lowest BCUT2D eigenvalue weighted by Gasteiger charge is -2.08. The Morgan fingerprint density at radius 3 is 3.07 bits per heavy atom. The lowest BCUT2D eigenvalue weighted by molar-refractivity contribution is 0.417. The van der Waals surface area contributed by atoms with Crippen LogP contribution in [-0.2, 0) is 0 Å². The largest absolute Gasteiger partial charge is 0.336 e. The van der Waals surface area contributed by atoms with E-state index in [9.17, 15) is 0 Å². The first-order chi connectivity index (χ1) is 7.25. The molecular formula is C10H18N4O. The molecule has 1 aliphatic rings. The van der Waals surface area contributed by atoms with E-state index in [1.54, 1.807) is 0 Å². The number of rotatable bonds is 4. The van der Waals surface area contributed by atoms with Crippen molar-refractivity contribution in [3.63, 3.8) is 0 Å². The van der Waals surface area contributed by atoms with Crippen LogP contribution in [0.4, 0.5) is 6.01 Å². The highest BCUT2D eigenvalue weighted by Crippen LogP contribution is 2.13. The number of aromatic nitrogens is 2. The van der Waals surface area contributed by atoms with E-state index in [1.165, 1.54) is 12.8 Å². The minimum atomic E-state index is 0.314. The topological polar surface area (TPSA) is 63.0 Å². The van der Waals surface area contributed by atoms with Crippen LogP contribution in [0.3, 0.4) is 0 Å². The molecule has 2 N–H and O–H groups in total. The van der Waals surface area contributed by atoms with E-state index in [2.05, 4.69) is 20.8 Å². The minimum absolute atomic E-state index is 0.314. The number of hydrogen-bond donors (Lipinski definition) is 2. The molecule has 1 fully saturated rings. The van der Waals surface area contributed by atoms with Crippen molar-refractivity contribution in [2.75, 3.05) is 18.4 Å². The predicted octanol–water partition coefficient (Wildman–Crippen LogP) is 1.36. The summed E-state index contributed by atoms with van der Waals surface area (Å²) in [6.07, 6.45) is 2.48. The quantitative estimate of drug-likeness (QED) is 0.785. The van der Waals surface area contributed by atoms with Crippen molar-refractivity contribution in [2.24, 2.45) is 0 Å². The second kappa shape index (κ2) is 4.61. The highest BCUT2D eigenvalue weighted by atomic mass is 16.5. The van der Waals surface area contributed by atoms with Gasteiger partial charge >= 0.3 is 6.01 Å². The molecule has 0 aliphatic carbocycles. The van der Waals surface area contributed by atoms with E-state index in [1.807, 2.05) is 13.8 Å². The second-order valence-electron chi connectivity index (χ2n) is 4.29. The van der Waals surface area contributed by atoms with Gasteiger partial charge in [0.25, 0.3) is 0 Å². The van der Waals surface area contributed by atoms with Gasteiger partial charge in [0.05, 0.1) is 0 Å². The number of nitrogens with zero attached hydrogens (tertiary/aromatic N) is 2. The molecule has 15 heavy (non-hydrogen) atoms. The fourth-order valence-corrected chi connectivity index (χ4v) is 1.68. The van der Waals surface area contributed by atoms with Gasteiger partial charge in [-0.3, -0.25) is 0 Å². The fourth-order valence-electron chi connectivity index (χ4n) is 1.68. The molecule has 0 bridgehead atoms. The summed E-state index contributed by atoms with van der Waals surface area (Å²) < 4.78 is 5.09. The molecule has 2 rings (SSSR count). The Kier molecular flexibility index (Phi) is 3.20. The van der Waals surface area contributed by atoms with Gasteiger partial charge in [0.15, 0.2) is 5.82 Å². The van der Waals surface area contributed by atoms with Crippen molar-refractivity contribution >= 4 is 6.01 Å². The van der Waals surface area contributed by atoms with E-state index >= 15 is 0 Å². The SMILES string of the molecule is CC(C)c1noc(NCC2CCCN2)n1. The van der Waals surface area contributed by atoms with Gasteiger partial charge < -0.3 is 15.2 Å². The van der Waals surface area contributed by atoms with Gasteiger partial charge in [-0.1, -0.05) is 19.0 Å². The molecule has 1 aliphatic heterocycles. The Morgan fingerprint density at radius 2 is 2.47 bits per heavy atom. The van der Waals surface area contributed by atoms with Crippen LogP contribution >= 0.6 is 0 Å². The average molecular weight is 210 g/mol. The molecule has 84 valence electrons. The van der Waals surface area contributed by atoms with E-state index in [4.69, 9.17) is 4.52 Å². The normalized spacial score (nSPS) is 21.1. The van der Waals surface area contributed by atoms with Crippen LogP contribution < -0.4 is 10.6 Å². The summed E-state index contributed by atoms with van der Waals surface area (Å²) in [6.45, 7) is 6.08. The highest BCUT2D eigenvalue weighted by Gasteiger charge is 2.15. The third-order valence-corrected chi connectivity index (χ3v) is 2.62. The lowest BCUT2D eigenvalue weighted by Crippen LogP contribution is -2.29. The summed E-state index contributed by atoms with van der Waals surface area (Å²) in [5, 5.41) is 10.5. The summed E-state index contributed by atoms with van der Waals surface area (Å²) in [4.78, 5) is 4.25. The molecule has 1 atom stereocenters. The maximum atomic E-state index is 5.09. The molecule has 5 nitrogen and oxygen atoms in total. The summed E-state index contributed by atoms with van der Waals surface area (Å²) in [6, 6.07) is 1.08. The molecule has 0 amide bonds. The highest BCUT2D eigenvalue weighted by molar-refractivity contribution is 5.19. The third kappa shape index (κ3) is 2.68. The van der Waals surface area contributed by atoms with E-state index < -0.39 is 0 Å². The molecule has 0 aromatic carbocycles. The van der Waals surface area contributed by atoms with Crippen LogP contribution in [0.15, 0.2) is 4.52 Å². The number of nitrogens with one attached hydrogen (secondary N) is 2. The predicted molar refractivity (Wildman–Crippen MR) is 57.9 cm³/mol. The van der Waals surface area contributed by atoms with Gasteiger partial charge in [-0.05, 0) is 19.4 Å². The smallest absolute Gasteiger partial charge is 0.321 e. The van der Waals surface area contributed by atoms with Crippen LogP contribution in [0.2, 0.25) is 0 Å². The first kappa shape index (κ1) is 10.4. The van der Waals surface area contributed by atoms with E-state index in [-0.39, 0.29) is 0 Å². The van der Waals surface area contributed by atoms with Crippen LogP contribution in [0, 0.1) is 0 Å². The summed E-state index contributed by atoms with van der Waals surface area (Å²) >= 11 is 0.